The number of hydrogen-bond donors (Lipinski definition) is 0. The highest BCUT2D eigenvalue weighted by molar-refractivity contribution is 5.41. The number of hydrogen-bond acceptors (Lipinski definition) is 0. The molecule has 0 atom stereocenters. The van der Waals surface area contributed by atoms with E-state index >= 15 is 0 Å². The molecule has 1 aromatic carbocycles. The highest BCUT2D eigenvalue weighted by atomic mass is 14.0. The Morgan fingerprint density at radius 2 is 1.60 bits per heavy atom. The van der Waals surface area contributed by atoms with E-state index in [-0.39, 0.29) is 5.92 Å². The van der Waals surface area contributed by atoms with Gasteiger partial charge in [-0.05, 0) is 24.0 Å². The molecule has 1 aromatic rings. The maximum atomic E-state index is 3.05. The van der Waals surface area contributed by atoms with Gasteiger partial charge >= 0.3 is 0 Å². The SMILES string of the molecule is C(C#CC1C=CC=C1)#Cc1ccccc1. The molecule has 2 rings (SSSR count). The summed E-state index contributed by atoms with van der Waals surface area (Å²) < 4.78 is 0. The van der Waals surface area contributed by atoms with Crippen LogP contribution in [-0.4, -0.2) is 0 Å². The van der Waals surface area contributed by atoms with Crippen LogP contribution in [0.15, 0.2) is 54.6 Å². The minimum Gasteiger partial charge on any atom is -0.0773 e. The number of allylic oxidation sites excluding steroid dienone is 4. The second-order valence-electron chi connectivity index (χ2n) is 3.18. The van der Waals surface area contributed by atoms with E-state index in [0.717, 1.165) is 5.56 Å². The third kappa shape index (κ3) is 2.90. The van der Waals surface area contributed by atoms with Crippen molar-refractivity contribution in [3.05, 3.63) is 60.2 Å². The average molecular weight is 190 g/mol. The second kappa shape index (κ2) is 4.89. The maximum absolute atomic E-state index is 3.05. The highest BCUT2D eigenvalue weighted by Crippen LogP contribution is 2.05. The van der Waals surface area contributed by atoms with Crippen LogP contribution >= 0.6 is 0 Å². The van der Waals surface area contributed by atoms with Crippen LogP contribution in [0, 0.1) is 29.6 Å². The first-order chi connectivity index (χ1) is 7.45. The molecule has 70 valence electrons. The Morgan fingerprint density at radius 3 is 2.33 bits per heavy atom. The maximum Gasteiger partial charge on any atom is 0.0579 e. The van der Waals surface area contributed by atoms with E-state index in [1.807, 2.05) is 42.5 Å². The normalized spacial score (nSPS) is 12.8. The van der Waals surface area contributed by atoms with Crippen molar-refractivity contribution >= 4 is 0 Å². The molecule has 1 aliphatic carbocycles. The largest absolute Gasteiger partial charge is 0.0773 e. The Balaban J connectivity index is 2.01. The van der Waals surface area contributed by atoms with Crippen LogP contribution in [0.5, 0.6) is 0 Å². The Morgan fingerprint density at radius 1 is 0.867 bits per heavy atom. The summed E-state index contributed by atoms with van der Waals surface area (Å²) in [6, 6.07) is 9.87. The fourth-order valence-electron chi connectivity index (χ4n) is 1.27. The van der Waals surface area contributed by atoms with Gasteiger partial charge in [0.2, 0.25) is 0 Å². The fourth-order valence-corrected chi connectivity index (χ4v) is 1.27. The summed E-state index contributed by atoms with van der Waals surface area (Å²) in [5.41, 5.74) is 1.00. The molecule has 0 N–H and O–H groups in total. The summed E-state index contributed by atoms with van der Waals surface area (Å²) in [6.07, 6.45) is 8.11. The van der Waals surface area contributed by atoms with Gasteiger partial charge in [0.05, 0.1) is 5.92 Å². The van der Waals surface area contributed by atoms with Crippen molar-refractivity contribution in [3.63, 3.8) is 0 Å². The minimum absolute atomic E-state index is 0.245. The first-order valence-corrected chi connectivity index (χ1v) is 4.87. The lowest BCUT2D eigenvalue weighted by Crippen LogP contribution is -1.79. The van der Waals surface area contributed by atoms with Crippen LogP contribution in [-0.2, 0) is 0 Å². The van der Waals surface area contributed by atoms with Crippen molar-refractivity contribution in [2.24, 2.45) is 5.92 Å². The zero-order valence-electron chi connectivity index (χ0n) is 8.27. The fraction of sp³-hybridized carbons (Fsp3) is 0.0667. The minimum atomic E-state index is 0.245. The molecule has 0 saturated heterocycles. The molecule has 0 saturated carbocycles. The Hall–Kier alpha value is -2.18. The molecule has 0 aliphatic heterocycles. The van der Waals surface area contributed by atoms with Crippen molar-refractivity contribution in [2.45, 2.75) is 0 Å². The first kappa shape index (κ1) is 9.38. The first-order valence-electron chi connectivity index (χ1n) is 4.87. The van der Waals surface area contributed by atoms with Gasteiger partial charge in [-0.2, -0.15) is 0 Å². The zero-order valence-corrected chi connectivity index (χ0v) is 8.27. The molecule has 0 aromatic heterocycles. The monoisotopic (exact) mass is 190 g/mol. The quantitative estimate of drug-likeness (QED) is 0.552. The molecule has 0 radical (unpaired) electrons. The van der Waals surface area contributed by atoms with E-state index in [9.17, 15) is 0 Å². The third-order valence-corrected chi connectivity index (χ3v) is 2.03. The molecule has 1 aliphatic rings. The molecule has 0 bridgehead atoms. The summed E-state index contributed by atoms with van der Waals surface area (Å²) in [5.74, 6) is 12.0. The lowest BCUT2D eigenvalue weighted by Gasteiger charge is -1.86. The van der Waals surface area contributed by atoms with Gasteiger partial charge in [0, 0.05) is 5.56 Å². The van der Waals surface area contributed by atoms with Gasteiger partial charge in [0.1, 0.15) is 0 Å². The number of benzene rings is 1. The van der Waals surface area contributed by atoms with Gasteiger partial charge < -0.3 is 0 Å². The molecular weight excluding hydrogens is 180 g/mol. The van der Waals surface area contributed by atoms with Gasteiger partial charge in [0.15, 0.2) is 0 Å². The van der Waals surface area contributed by atoms with Gasteiger partial charge in [-0.3, -0.25) is 0 Å². The molecule has 0 heteroatoms. The topological polar surface area (TPSA) is 0 Å². The summed E-state index contributed by atoms with van der Waals surface area (Å²) in [6.45, 7) is 0. The Kier molecular flexibility index (Phi) is 3.06. The summed E-state index contributed by atoms with van der Waals surface area (Å²) >= 11 is 0. The predicted molar refractivity (Wildman–Crippen MR) is 62.9 cm³/mol. The molecular formula is C15H10. The van der Waals surface area contributed by atoms with Crippen LogP contribution < -0.4 is 0 Å². The molecule has 0 heterocycles. The average Bonchev–Trinajstić information content (AvgIpc) is 2.79. The molecule has 0 fully saturated rings. The Bertz CT molecular complexity index is 484. The molecule has 0 nitrogen and oxygen atoms in total. The predicted octanol–water partition coefficient (Wildman–Crippen LogP) is 2.78. The van der Waals surface area contributed by atoms with E-state index in [0.29, 0.717) is 0 Å². The lowest BCUT2D eigenvalue weighted by molar-refractivity contribution is 1.15. The van der Waals surface area contributed by atoms with Crippen LogP contribution in [0.4, 0.5) is 0 Å². The highest BCUT2D eigenvalue weighted by Gasteiger charge is 1.95. The van der Waals surface area contributed by atoms with Crippen molar-refractivity contribution in [2.75, 3.05) is 0 Å². The third-order valence-electron chi connectivity index (χ3n) is 2.03. The van der Waals surface area contributed by atoms with Crippen molar-refractivity contribution in [3.8, 4) is 23.7 Å². The van der Waals surface area contributed by atoms with E-state index < -0.39 is 0 Å². The van der Waals surface area contributed by atoms with Gasteiger partial charge in [-0.25, -0.2) is 0 Å². The Labute approximate surface area is 90.3 Å². The molecule has 0 amide bonds. The van der Waals surface area contributed by atoms with E-state index in [1.165, 1.54) is 0 Å². The van der Waals surface area contributed by atoms with Crippen molar-refractivity contribution in [1.82, 2.24) is 0 Å². The molecule has 15 heavy (non-hydrogen) atoms. The van der Waals surface area contributed by atoms with Crippen molar-refractivity contribution < 1.29 is 0 Å². The van der Waals surface area contributed by atoms with Gasteiger partial charge in [-0.15, -0.1) is 0 Å². The van der Waals surface area contributed by atoms with E-state index in [1.54, 1.807) is 0 Å². The smallest absolute Gasteiger partial charge is 0.0579 e. The van der Waals surface area contributed by atoms with Crippen LogP contribution in [0.1, 0.15) is 5.56 Å². The van der Waals surface area contributed by atoms with Crippen LogP contribution in [0.25, 0.3) is 0 Å². The van der Waals surface area contributed by atoms with Crippen LogP contribution in [0.2, 0.25) is 0 Å². The van der Waals surface area contributed by atoms with Gasteiger partial charge in [-0.1, -0.05) is 54.3 Å². The summed E-state index contributed by atoms with van der Waals surface area (Å²) in [7, 11) is 0. The molecule has 0 unspecified atom stereocenters. The molecule has 0 spiro atoms. The standard InChI is InChI=1S/C15H10/c1-2-8-14(9-3-1)10-4-5-11-15-12-6-7-13-15/h1-3,6-9,12-13,15H. The van der Waals surface area contributed by atoms with E-state index in [4.69, 9.17) is 0 Å². The van der Waals surface area contributed by atoms with Gasteiger partial charge in [0.25, 0.3) is 0 Å². The summed E-state index contributed by atoms with van der Waals surface area (Å²) in [5, 5.41) is 0. The number of rotatable bonds is 0. The second-order valence-corrected chi connectivity index (χ2v) is 3.18. The van der Waals surface area contributed by atoms with E-state index in [2.05, 4.69) is 35.8 Å². The van der Waals surface area contributed by atoms with Crippen LogP contribution in [0.3, 0.4) is 0 Å². The van der Waals surface area contributed by atoms with Crippen molar-refractivity contribution in [1.29, 1.82) is 0 Å². The zero-order chi connectivity index (χ0) is 10.3. The lowest BCUT2D eigenvalue weighted by atomic mass is 10.2. The summed E-state index contributed by atoms with van der Waals surface area (Å²) in [4.78, 5) is 0.